The Morgan fingerprint density at radius 1 is 1.44 bits per heavy atom. The lowest BCUT2D eigenvalue weighted by Crippen LogP contribution is -2.03. The van der Waals surface area contributed by atoms with Gasteiger partial charge in [-0.05, 0) is 24.3 Å². The van der Waals surface area contributed by atoms with Crippen molar-refractivity contribution < 1.29 is 9.90 Å². The molecular formula is C12H10N4O2. The molecule has 0 amide bonds. The van der Waals surface area contributed by atoms with Crippen molar-refractivity contribution >= 4 is 5.97 Å². The molecule has 1 N–H and O–H groups in total. The van der Waals surface area contributed by atoms with Crippen molar-refractivity contribution in [2.45, 2.75) is 13.3 Å². The van der Waals surface area contributed by atoms with Crippen LogP contribution in [0, 0.1) is 11.3 Å². The second-order valence-corrected chi connectivity index (χ2v) is 3.58. The van der Waals surface area contributed by atoms with Crippen molar-refractivity contribution in [3.05, 3.63) is 41.5 Å². The van der Waals surface area contributed by atoms with Crippen molar-refractivity contribution in [2.75, 3.05) is 0 Å². The smallest absolute Gasteiger partial charge is 0.375 e. The molecule has 0 aliphatic carbocycles. The summed E-state index contributed by atoms with van der Waals surface area (Å²) < 4.78 is 1.48. The fourth-order valence-electron chi connectivity index (χ4n) is 1.55. The summed E-state index contributed by atoms with van der Waals surface area (Å²) >= 11 is 0. The standard InChI is InChI=1S/C12H10N4O2/c1-2-10-14-11(12(17)18)15-16(10)9-5-3-8(7-13)4-6-9/h3-6H,2H2,1H3,(H,17,18). The van der Waals surface area contributed by atoms with Crippen molar-refractivity contribution in [1.82, 2.24) is 14.8 Å². The van der Waals surface area contributed by atoms with Crippen LogP contribution in [0.3, 0.4) is 0 Å². The molecule has 1 aromatic carbocycles. The third kappa shape index (κ3) is 2.06. The normalized spacial score (nSPS) is 10.0. The molecule has 2 rings (SSSR count). The van der Waals surface area contributed by atoms with E-state index in [1.165, 1.54) is 4.68 Å². The first-order valence-corrected chi connectivity index (χ1v) is 5.35. The Hall–Kier alpha value is -2.68. The fraction of sp³-hybridized carbons (Fsp3) is 0.167. The summed E-state index contributed by atoms with van der Waals surface area (Å²) in [7, 11) is 0. The zero-order valence-corrected chi connectivity index (χ0v) is 9.66. The SMILES string of the molecule is CCc1nc(C(=O)O)nn1-c1ccc(C#N)cc1. The third-order valence-electron chi connectivity index (χ3n) is 2.42. The lowest BCUT2D eigenvalue weighted by Gasteiger charge is -2.03. The highest BCUT2D eigenvalue weighted by molar-refractivity contribution is 5.83. The highest BCUT2D eigenvalue weighted by Gasteiger charge is 2.15. The van der Waals surface area contributed by atoms with Gasteiger partial charge in [0, 0.05) is 6.42 Å². The van der Waals surface area contributed by atoms with Gasteiger partial charge < -0.3 is 5.11 Å². The van der Waals surface area contributed by atoms with Crippen LogP contribution in [-0.2, 0) is 6.42 Å². The van der Waals surface area contributed by atoms with E-state index >= 15 is 0 Å². The van der Waals surface area contributed by atoms with Crippen LogP contribution < -0.4 is 0 Å². The van der Waals surface area contributed by atoms with Crippen LogP contribution in [0.1, 0.15) is 28.9 Å². The number of aromatic carboxylic acids is 1. The van der Waals surface area contributed by atoms with Crippen LogP contribution in [0.25, 0.3) is 5.69 Å². The number of nitrogens with zero attached hydrogens (tertiary/aromatic N) is 4. The minimum Gasteiger partial charge on any atom is -0.475 e. The van der Waals surface area contributed by atoms with Crippen LogP contribution in [0.15, 0.2) is 24.3 Å². The molecule has 0 bridgehead atoms. The molecule has 2 aromatic rings. The Balaban J connectivity index is 2.48. The number of hydrogen-bond acceptors (Lipinski definition) is 4. The molecule has 0 saturated carbocycles. The summed E-state index contributed by atoms with van der Waals surface area (Å²) in [6.07, 6.45) is 0.570. The van der Waals surface area contributed by atoms with E-state index in [0.29, 0.717) is 23.5 Å². The van der Waals surface area contributed by atoms with E-state index in [9.17, 15) is 4.79 Å². The van der Waals surface area contributed by atoms with Crippen LogP contribution in [0.2, 0.25) is 0 Å². The summed E-state index contributed by atoms with van der Waals surface area (Å²) in [6, 6.07) is 8.73. The molecule has 0 atom stereocenters. The summed E-state index contributed by atoms with van der Waals surface area (Å²) in [6.45, 7) is 1.87. The number of aromatic nitrogens is 3. The van der Waals surface area contributed by atoms with E-state index in [2.05, 4.69) is 10.1 Å². The van der Waals surface area contributed by atoms with Gasteiger partial charge in [0.2, 0.25) is 0 Å². The molecule has 6 nitrogen and oxygen atoms in total. The van der Waals surface area contributed by atoms with Gasteiger partial charge >= 0.3 is 5.97 Å². The van der Waals surface area contributed by atoms with Gasteiger partial charge in [-0.1, -0.05) is 6.92 Å². The Labute approximate surface area is 103 Å². The van der Waals surface area contributed by atoms with E-state index in [0.717, 1.165) is 0 Å². The molecule has 1 aromatic heterocycles. The van der Waals surface area contributed by atoms with Crippen LogP contribution >= 0.6 is 0 Å². The van der Waals surface area contributed by atoms with Crippen molar-refractivity contribution in [2.24, 2.45) is 0 Å². The van der Waals surface area contributed by atoms with Gasteiger partial charge in [0.15, 0.2) is 0 Å². The number of hydrogen-bond donors (Lipinski definition) is 1. The maximum Gasteiger partial charge on any atom is 0.375 e. The molecule has 0 aliphatic heterocycles. The van der Waals surface area contributed by atoms with Gasteiger partial charge in [-0.2, -0.15) is 5.26 Å². The van der Waals surface area contributed by atoms with Gasteiger partial charge in [-0.15, -0.1) is 5.10 Å². The van der Waals surface area contributed by atoms with Crippen molar-refractivity contribution in [3.8, 4) is 11.8 Å². The van der Waals surface area contributed by atoms with E-state index < -0.39 is 5.97 Å². The Kier molecular flexibility index (Phi) is 3.06. The number of carboxylic acids is 1. The summed E-state index contributed by atoms with van der Waals surface area (Å²) in [5.41, 5.74) is 1.22. The predicted molar refractivity (Wildman–Crippen MR) is 62.4 cm³/mol. The molecule has 18 heavy (non-hydrogen) atoms. The maximum absolute atomic E-state index is 10.8. The Bertz CT molecular complexity index is 623. The average molecular weight is 242 g/mol. The van der Waals surface area contributed by atoms with E-state index in [-0.39, 0.29) is 5.82 Å². The van der Waals surface area contributed by atoms with Crippen LogP contribution in [-0.4, -0.2) is 25.8 Å². The van der Waals surface area contributed by atoms with Gasteiger partial charge in [-0.25, -0.2) is 14.5 Å². The minimum absolute atomic E-state index is 0.226. The lowest BCUT2D eigenvalue weighted by atomic mass is 10.2. The molecule has 0 saturated heterocycles. The molecule has 0 spiro atoms. The first-order valence-electron chi connectivity index (χ1n) is 5.35. The first kappa shape index (κ1) is 11.8. The molecule has 0 radical (unpaired) electrons. The lowest BCUT2D eigenvalue weighted by molar-refractivity contribution is 0.0683. The summed E-state index contributed by atoms with van der Waals surface area (Å²) in [4.78, 5) is 14.8. The molecule has 0 unspecified atom stereocenters. The second kappa shape index (κ2) is 4.67. The molecule has 1 heterocycles. The van der Waals surface area contributed by atoms with Gasteiger partial charge in [-0.3, -0.25) is 0 Å². The highest BCUT2D eigenvalue weighted by atomic mass is 16.4. The molecule has 0 fully saturated rings. The number of benzene rings is 1. The minimum atomic E-state index is -1.16. The topological polar surface area (TPSA) is 91.8 Å². The number of rotatable bonds is 3. The van der Waals surface area contributed by atoms with Crippen LogP contribution in [0.4, 0.5) is 0 Å². The fourth-order valence-corrected chi connectivity index (χ4v) is 1.55. The number of carbonyl (C=O) groups is 1. The van der Waals surface area contributed by atoms with Gasteiger partial charge in [0.1, 0.15) is 5.82 Å². The Morgan fingerprint density at radius 2 is 2.11 bits per heavy atom. The Morgan fingerprint density at radius 3 is 2.61 bits per heavy atom. The molecular weight excluding hydrogens is 232 g/mol. The number of carboxylic acid groups (broad SMARTS) is 1. The summed E-state index contributed by atoms with van der Waals surface area (Å²) in [5.74, 6) is -0.814. The predicted octanol–water partition coefficient (Wildman–Crippen LogP) is 1.40. The zero-order valence-electron chi connectivity index (χ0n) is 9.66. The number of nitriles is 1. The number of aryl methyl sites for hydroxylation is 1. The summed E-state index contributed by atoms with van der Waals surface area (Å²) in [5, 5.41) is 21.5. The second-order valence-electron chi connectivity index (χ2n) is 3.58. The third-order valence-corrected chi connectivity index (χ3v) is 2.42. The van der Waals surface area contributed by atoms with E-state index in [4.69, 9.17) is 10.4 Å². The average Bonchev–Trinajstić information content (AvgIpc) is 2.83. The zero-order chi connectivity index (χ0) is 13.1. The maximum atomic E-state index is 10.8. The van der Waals surface area contributed by atoms with E-state index in [1.54, 1.807) is 24.3 Å². The highest BCUT2D eigenvalue weighted by Crippen LogP contribution is 2.12. The van der Waals surface area contributed by atoms with Crippen LogP contribution in [0.5, 0.6) is 0 Å². The first-order chi connectivity index (χ1) is 8.65. The van der Waals surface area contributed by atoms with Gasteiger partial charge in [0.25, 0.3) is 5.82 Å². The van der Waals surface area contributed by atoms with Crippen molar-refractivity contribution in [1.29, 1.82) is 5.26 Å². The molecule has 0 aliphatic rings. The molecule has 90 valence electrons. The largest absolute Gasteiger partial charge is 0.475 e. The van der Waals surface area contributed by atoms with Gasteiger partial charge in [0.05, 0.1) is 17.3 Å². The van der Waals surface area contributed by atoms with Crippen molar-refractivity contribution in [3.63, 3.8) is 0 Å². The van der Waals surface area contributed by atoms with E-state index in [1.807, 2.05) is 13.0 Å². The monoisotopic (exact) mass is 242 g/mol. The molecule has 6 heteroatoms. The quantitative estimate of drug-likeness (QED) is 0.878.